The number of hydrogen-bond acceptors (Lipinski definition) is 5. The molecule has 4 rings (SSSR count). The van der Waals surface area contributed by atoms with Crippen molar-refractivity contribution in [2.75, 3.05) is 13.1 Å². The second-order valence-electron chi connectivity index (χ2n) is 8.61. The molecule has 2 heterocycles. The van der Waals surface area contributed by atoms with Gasteiger partial charge in [0.1, 0.15) is 0 Å². The molecule has 1 aliphatic heterocycles. The Hall–Kier alpha value is -1.69. The average molecular weight is 468 g/mol. The number of thiazole rings is 1. The fraction of sp³-hybridized carbons (Fsp3) is 0.481. The second kappa shape index (κ2) is 13.1. The highest BCUT2D eigenvalue weighted by Gasteiger charge is 2.23. The first-order chi connectivity index (χ1) is 15.6. The van der Waals surface area contributed by atoms with Crippen LogP contribution in [0.1, 0.15) is 73.2 Å². The maximum atomic E-state index is 5.07. The Morgan fingerprint density at radius 2 is 1.88 bits per heavy atom. The van der Waals surface area contributed by atoms with Crippen molar-refractivity contribution in [2.24, 2.45) is 4.99 Å². The normalized spacial score (nSPS) is 18.1. The van der Waals surface area contributed by atoms with Gasteiger partial charge in [0.2, 0.25) is 0 Å². The van der Waals surface area contributed by atoms with Crippen molar-refractivity contribution in [3.05, 3.63) is 58.6 Å². The molecule has 2 aromatic rings. The number of nitrogens with zero attached hydrogens (tertiary/aromatic N) is 2. The number of rotatable bonds is 5. The highest BCUT2D eigenvalue weighted by Crippen LogP contribution is 2.39. The Kier molecular flexibility index (Phi) is 10.2. The van der Waals surface area contributed by atoms with E-state index in [9.17, 15) is 0 Å². The van der Waals surface area contributed by atoms with Crippen molar-refractivity contribution < 1.29 is 0 Å². The molecule has 0 spiro atoms. The van der Waals surface area contributed by atoms with Crippen LogP contribution in [0.5, 0.6) is 0 Å². The summed E-state index contributed by atoms with van der Waals surface area (Å²) in [4.78, 5) is 10.4. The molecule has 0 amide bonds. The topological polar surface area (TPSA) is 37.3 Å². The molecule has 1 aromatic carbocycles. The van der Waals surface area contributed by atoms with Crippen LogP contribution in [0, 0.1) is 6.92 Å². The second-order valence-corrected chi connectivity index (χ2v) is 10.4. The van der Waals surface area contributed by atoms with Gasteiger partial charge in [-0.05, 0) is 69.8 Å². The van der Waals surface area contributed by atoms with Crippen LogP contribution in [0.3, 0.4) is 0 Å². The number of allylic oxidation sites excluding steroid dienone is 2. The molecule has 0 unspecified atom stereocenters. The third kappa shape index (κ3) is 7.16. The summed E-state index contributed by atoms with van der Waals surface area (Å²) in [6, 6.07) is 8.45. The molecule has 32 heavy (non-hydrogen) atoms. The van der Waals surface area contributed by atoms with Gasteiger partial charge in [0, 0.05) is 29.1 Å². The van der Waals surface area contributed by atoms with Gasteiger partial charge >= 0.3 is 0 Å². The van der Waals surface area contributed by atoms with Crippen LogP contribution >= 0.6 is 24.0 Å². The van der Waals surface area contributed by atoms with Gasteiger partial charge in [-0.1, -0.05) is 50.1 Å². The van der Waals surface area contributed by atoms with Crippen molar-refractivity contribution in [3.8, 4) is 11.3 Å². The zero-order valence-electron chi connectivity index (χ0n) is 19.5. The van der Waals surface area contributed by atoms with Crippen LogP contribution in [0.25, 0.3) is 16.8 Å². The lowest BCUT2D eigenvalue weighted by Crippen LogP contribution is -2.26. The minimum atomic E-state index is 0.549. The summed E-state index contributed by atoms with van der Waals surface area (Å²) in [5.74, 6) is 0.549. The summed E-state index contributed by atoms with van der Waals surface area (Å²) < 4.78 is 0. The minimum Gasteiger partial charge on any atom is -0.317 e. The predicted molar refractivity (Wildman–Crippen MR) is 145 cm³/mol. The van der Waals surface area contributed by atoms with Crippen LogP contribution in [-0.2, 0) is 0 Å². The summed E-state index contributed by atoms with van der Waals surface area (Å²) in [5.41, 5.74) is 4.48. The van der Waals surface area contributed by atoms with Gasteiger partial charge in [-0.25, -0.2) is 4.98 Å². The summed E-state index contributed by atoms with van der Waals surface area (Å²) in [6.07, 6.45) is 14.8. The monoisotopic (exact) mass is 467 g/mol. The Morgan fingerprint density at radius 3 is 2.50 bits per heavy atom. The number of thiol groups is 1. The molecule has 0 radical (unpaired) electrons. The number of aromatic nitrogens is 1. The van der Waals surface area contributed by atoms with Crippen molar-refractivity contribution in [1.82, 2.24) is 10.3 Å². The van der Waals surface area contributed by atoms with E-state index in [4.69, 9.17) is 4.98 Å². The van der Waals surface area contributed by atoms with Gasteiger partial charge in [0.05, 0.1) is 15.6 Å². The van der Waals surface area contributed by atoms with E-state index in [0.717, 1.165) is 47.3 Å². The molecular formula is C27H37N3S2. The molecule has 1 aromatic heterocycles. The number of piperidine rings is 1. The lowest BCUT2D eigenvalue weighted by molar-refractivity contribution is 0.459. The maximum Gasteiger partial charge on any atom is 0.0970 e. The van der Waals surface area contributed by atoms with Gasteiger partial charge < -0.3 is 5.32 Å². The number of hydrogen-bond donors (Lipinski definition) is 2. The van der Waals surface area contributed by atoms with Crippen molar-refractivity contribution >= 4 is 35.8 Å². The third-order valence-corrected chi connectivity index (χ3v) is 7.92. The minimum absolute atomic E-state index is 0.549. The van der Waals surface area contributed by atoms with E-state index in [1.165, 1.54) is 48.2 Å². The lowest BCUT2D eigenvalue weighted by atomic mass is 9.98. The smallest absolute Gasteiger partial charge is 0.0970 e. The summed E-state index contributed by atoms with van der Waals surface area (Å²) in [5, 5.41) is 5.41. The zero-order valence-corrected chi connectivity index (χ0v) is 21.2. The fourth-order valence-electron chi connectivity index (χ4n) is 4.19. The third-order valence-electron chi connectivity index (χ3n) is 6.11. The van der Waals surface area contributed by atoms with Gasteiger partial charge in [0.25, 0.3) is 0 Å². The number of nitrogens with one attached hydrogen (secondary N) is 1. The molecule has 0 atom stereocenters. The van der Waals surface area contributed by atoms with Crippen LogP contribution < -0.4 is 5.32 Å². The standard InChI is InChI=1S/C21H25N3S.C6H12S/c1-4-22-12-9-16(3)20-19(18-8-6-5-7-15(18)2)24-21(25-20)17-10-13-23-14-11-17;7-6-4-2-1-3-5-6/h4-9,12,17,23H,3,10-11,13-14H2,1-2H3;6-7H,1-5H2/b12-9-,22-4?;. The largest absolute Gasteiger partial charge is 0.317 e. The highest BCUT2D eigenvalue weighted by molar-refractivity contribution is 7.80. The molecule has 1 N–H and O–H groups in total. The van der Waals surface area contributed by atoms with Crippen LogP contribution in [0.4, 0.5) is 0 Å². The first-order valence-corrected chi connectivity index (χ1v) is 13.2. The molecule has 1 saturated heterocycles. The molecule has 1 saturated carbocycles. The van der Waals surface area contributed by atoms with Gasteiger partial charge in [-0.2, -0.15) is 12.6 Å². The SMILES string of the molecule is C=C(/C=C\N=CC)c1sc(C2CCNCC2)nc1-c1ccccc1C.SC1CCCCC1. The molecule has 2 aliphatic rings. The Morgan fingerprint density at radius 1 is 1.16 bits per heavy atom. The molecular weight excluding hydrogens is 430 g/mol. The van der Waals surface area contributed by atoms with E-state index >= 15 is 0 Å². The average Bonchev–Trinajstić information content (AvgIpc) is 3.26. The fourth-order valence-corrected chi connectivity index (χ4v) is 5.76. The van der Waals surface area contributed by atoms with Crippen LogP contribution in [-0.4, -0.2) is 29.5 Å². The quantitative estimate of drug-likeness (QED) is 0.272. The van der Waals surface area contributed by atoms with E-state index in [0.29, 0.717) is 5.92 Å². The van der Waals surface area contributed by atoms with E-state index in [2.05, 4.69) is 60.7 Å². The molecule has 172 valence electrons. The summed E-state index contributed by atoms with van der Waals surface area (Å²) in [6.45, 7) is 10.5. The van der Waals surface area contributed by atoms with Gasteiger partial charge in [-0.3, -0.25) is 4.99 Å². The van der Waals surface area contributed by atoms with Gasteiger partial charge in [0.15, 0.2) is 0 Å². The molecule has 0 bridgehead atoms. The van der Waals surface area contributed by atoms with E-state index in [1.54, 1.807) is 23.8 Å². The van der Waals surface area contributed by atoms with Crippen LogP contribution in [0.15, 0.2) is 48.1 Å². The Bertz CT molecular complexity index is 917. The Balaban J connectivity index is 0.000000352. The Labute approximate surface area is 203 Å². The molecule has 1 aliphatic carbocycles. The van der Waals surface area contributed by atoms with Crippen molar-refractivity contribution in [3.63, 3.8) is 0 Å². The van der Waals surface area contributed by atoms with Crippen LogP contribution in [0.2, 0.25) is 0 Å². The zero-order chi connectivity index (χ0) is 22.8. The number of aliphatic imine (C=N–C) groups is 1. The first kappa shape index (κ1) is 24.9. The van der Waals surface area contributed by atoms with Gasteiger partial charge in [-0.15, -0.1) is 11.3 Å². The van der Waals surface area contributed by atoms with E-state index in [-0.39, 0.29) is 0 Å². The first-order valence-electron chi connectivity index (χ1n) is 11.9. The highest BCUT2D eigenvalue weighted by atomic mass is 32.1. The molecule has 5 heteroatoms. The maximum absolute atomic E-state index is 5.07. The summed E-state index contributed by atoms with van der Waals surface area (Å²) >= 11 is 6.16. The van der Waals surface area contributed by atoms with E-state index in [1.807, 2.05) is 13.0 Å². The van der Waals surface area contributed by atoms with Crippen molar-refractivity contribution in [1.29, 1.82) is 0 Å². The molecule has 2 fully saturated rings. The predicted octanol–water partition coefficient (Wildman–Crippen LogP) is 7.45. The number of benzene rings is 1. The van der Waals surface area contributed by atoms with Crippen molar-refractivity contribution in [2.45, 2.75) is 70.0 Å². The lowest BCUT2D eigenvalue weighted by Gasteiger charge is -2.20. The summed E-state index contributed by atoms with van der Waals surface area (Å²) in [7, 11) is 0. The van der Waals surface area contributed by atoms with E-state index < -0.39 is 0 Å². The molecule has 3 nitrogen and oxygen atoms in total. The number of aryl methyl sites for hydroxylation is 1.